The predicted octanol–water partition coefficient (Wildman–Crippen LogP) is 2.20. The van der Waals surface area contributed by atoms with Gasteiger partial charge in [0, 0.05) is 42.8 Å². The summed E-state index contributed by atoms with van der Waals surface area (Å²) in [6, 6.07) is 3.35. The third-order valence-corrected chi connectivity index (χ3v) is 5.52. The van der Waals surface area contributed by atoms with E-state index in [1.54, 1.807) is 18.3 Å². The van der Waals surface area contributed by atoms with Crippen LogP contribution in [-0.4, -0.2) is 39.9 Å². The predicted molar refractivity (Wildman–Crippen MR) is 95.1 cm³/mol. The second-order valence-corrected chi connectivity index (χ2v) is 7.42. The molecule has 0 atom stereocenters. The summed E-state index contributed by atoms with van der Waals surface area (Å²) in [4.78, 5) is 22.1. The minimum Gasteiger partial charge on any atom is -0.493 e. The molecule has 1 saturated carbocycles. The lowest BCUT2D eigenvalue weighted by Crippen LogP contribution is -2.35. The number of nitrogens with zero attached hydrogens (tertiary/aromatic N) is 4. The van der Waals surface area contributed by atoms with Crippen LogP contribution in [0.2, 0.25) is 0 Å². The highest BCUT2D eigenvalue weighted by molar-refractivity contribution is 7.09. The fourth-order valence-electron chi connectivity index (χ4n) is 3.00. The summed E-state index contributed by atoms with van der Waals surface area (Å²) in [7, 11) is 0. The van der Waals surface area contributed by atoms with E-state index in [2.05, 4.69) is 14.3 Å². The van der Waals surface area contributed by atoms with Gasteiger partial charge >= 0.3 is 0 Å². The number of amides is 1. The number of hydrogen-bond donors (Lipinski definition) is 1. The highest BCUT2D eigenvalue weighted by Crippen LogP contribution is 2.40. The van der Waals surface area contributed by atoms with E-state index in [1.807, 2.05) is 0 Å². The van der Waals surface area contributed by atoms with Crippen molar-refractivity contribution in [2.75, 3.05) is 24.6 Å². The van der Waals surface area contributed by atoms with Gasteiger partial charge in [0.1, 0.15) is 17.3 Å². The Balaban J connectivity index is 1.27. The van der Waals surface area contributed by atoms with E-state index in [-0.39, 0.29) is 5.69 Å². The zero-order valence-electron chi connectivity index (χ0n) is 13.9. The van der Waals surface area contributed by atoms with Crippen molar-refractivity contribution in [2.45, 2.75) is 31.6 Å². The summed E-state index contributed by atoms with van der Waals surface area (Å²) in [5.41, 5.74) is 5.48. The Morgan fingerprint density at radius 2 is 2.12 bits per heavy atom. The number of anilines is 1. The number of nitrogens with two attached hydrogens (primary N) is 1. The van der Waals surface area contributed by atoms with Crippen molar-refractivity contribution in [3.8, 4) is 5.75 Å². The van der Waals surface area contributed by atoms with Crippen LogP contribution in [0, 0.1) is 5.92 Å². The molecule has 0 aromatic carbocycles. The van der Waals surface area contributed by atoms with Crippen LogP contribution < -0.4 is 15.4 Å². The third kappa shape index (κ3) is 3.89. The summed E-state index contributed by atoms with van der Waals surface area (Å²) in [6.45, 7) is 2.60. The lowest BCUT2D eigenvalue weighted by atomic mass is 9.98. The molecule has 2 fully saturated rings. The molecule has 7 nitrogen and oxygen atoms in total. The maximum absolute atomic E-state index is 11.2. The smallest absolute Gasteiger partial charge is 0.267 e. The molecule has 1 amide bonds. The molecule has 2 N–H and O–H groups in total. The average molecular weight is 359 g/mol. The van der Waals surface area contributed by atoms with E-state index in [9.17, 15) is 4.79 Å². The number of ether oxygens (including phenoxy) is 1. The van der Waals surface area contributed by atoms with Crippen LogP contribution in [0.5, 0.6) is 5.75 Å². The van der Waals surface area contributed by atoms with Crippen LogP contribution in [0.15, 0.2) is 18.3 Å². The molecule has 3 heterocycles. The fraction of sp³-hybridized carbons (Fsp3) is 0.529. The first-order valence-electron chi connectivity index (χ1n) is 8.66. The van der Waals surface area contributed by atoms with Crippen LogP contribution in [-0.2, 0) is 0 Å². The topological polar surface area (TPSA) is 94.2 Å². The molecule has 25 heavy (non-hydrogen) atoms. The number of primary amides is 1. The number of rotatable bonds is 6. The molecule has 0 unspecified atom stereocenters. The highest BCUT2D eigenvalue weighted by atomic mass is 32.1. The van der Waals surface area contributed by atoms with E-state index in [4.69, 9.17) is 15.5 Å². The lowest BCUT2D eigenvalue weighted by molar-refractivity contribution is 0.0995. The molecule has 0 radical (unpaired) electrons. The van der Waals surface area contributed by atoms with E-state index in [0.717, 1.165) is 36.9 Å². The van der Waals surface area contributed by atoms with Crippen molar-refractivity contribution in [2.24, 2.45) is 11.7 Å². The standard InChI is InChI=1S/C17H21N5O2S/c18-15(23)14-9-13(3-6-19-14)24-10-11-4-7-22(8-5-11)17-20-16(21-25-17)12-1-2-12/h3,6,9,11-12H,1-2,4-5,7-8,10H2,(H2,18,23). The van der Waals surface area contributed by atoms with Crippen molar-refractivity contribution in [3.05, 3.63) is 29.8 Å². The van der Waals surface area contributed by atoms with E-state index < -0.39 is 5.91 Å². The second kappa shape index (κ2) is 6.95. The van der Waals surface area contributed by atoms with Gasteiger partial charge in [0.25, 0.3) is 5.91 Å². The Bertz CT molecular complexity index is 753. The van der Waals surface area contributed by atoms with Crippen LogP contribution in [0.4, 0.5) is 5.13 Å². The maximum Gasteiger partial charge on any atom is 0.267 e. The van der Waals surface area contributed by atoms with Crippen LogP contribution >= 0.6 is 11.5 Å². The first-order valence-corrected chi connectivity index (χ1v) is 9.43. The van der Waals surface area contributed by atoms with Crippen molar-refractivity contribution in [1.82, 2.24) is 14.3 Å². The Kier molecular flexibility index (Phi) is 4.52. The number of piperidine rings is 1. The Hall–Kier alpha value is -2.22. The molecule has 132 valence electrons. The minimum absolute atomic E-state index is 0.232. The van der Waals surface area contributed by atoms with Gasteiger partial charge in [-0.2, -0.15) is 4.37 Å². The Morgan fingerprint density at radius 3 is 2.84 bits per heavy atom. The van der Waals surface area contributed by atoms with Crippen molar-refractivity contribution < 1.29 is 9.53 Å². The molecule has 8 heteroatoms. The molecule has 1 aliphatic carbocycles. The molecule has 2 aromatic heterocycles. The molecule has 0 spiro atoms. The molecule has 1 saturated heterocycles. The van der Waals surface area contributed by atoms with Crippen LogP contribution in [0.25, 0.3) is 0 Å². The first kappa shape index (κ1) is 16.3. The summed E-state index contributed by atoms with van der Waals surface area (Å²) < 4.78 is 10.3. The molecule has 0 bridgehead atoms. The Morgan fingerprint density at radius 1 is 1.32 bits per heavy atom. The van der Waals surface area contributed by atoms with Crippen LogP contribution in [0.1, 0.15) is 47.9 Å². The van der Waals surface area contributed by atoms with Gasteiger partial charge in [0.05, 0.1) is 6.61 Å². The van der Waals surface area contributed by atoms with Gasteiger partial charge in [0.15, 0.2) is 0 Å². The molecule has 1 aliphatic heterocycles. The summed E-state index contributed by atoms with van der Waals surface area (Å²) >= 11 is 1.52. The summed E-state index contributed by atoms with van der Waals surface area (Å²) in [5.74, 6) is 2.25. The van der Waals surface area contributed by atoms with Crippen molar-refractivity contribution >= 4 is 22.6 Å². The van der Waals surface area contributed by atoms with Gasteiger partial charge in [-0.25, -0.2) is 4.98 Å². The number of aromatic nitrogens is 3. The van der Waals surface area contributed by atoms with E-state index in [0.29, 0.717) is 24.2 Å². The van der Waals surface area contributed by atoms with Crippen molar-refractivity contribution in [3.63, 3.8) is 0 Å². The van der Waals surface area contributed by atoms with Gasteiger partial charge < -0.3 is 15.4 Å². The average Bonchev–Trinajstić information content (AvgIpc) is 3.38. The largest absolute Gasteiger partial charge is 0.493 e. The van der Waals surface area contributed by atoms with Gasteiger partial charge in [0.2, 0.25) is 5.13 Å². The van der Waals surface area contributed by atoms with Gasteiger partial charge in [-0.05, 0) is 37.7 Å². The van der Waals surface area contributed by atoms with Gasteiger partial charge in [-0.15, -0.1) is 0 Å². The number of carbonyl (C=O) groups excluding carboxylic acids is 1. The third-order valence-electron chi connectivity index (χ3n) is 4.73. The zero-order chi connectivity index (χ0) is 17.2. The number of hydrogen-bond acceptors (Lipinski definition) is 7. The monoisotopic (exact) mass is 359 g/mol. The fourth-order valence-corrected chi connectivity index (χ4v) is 3.80. The highest BCUT2D eigenvalue weighted by Gasteiger charge is 2.29. The first-order chi connectivity index (χ1) is 12.2. The molecule has 4 rings (SSSR count). The van der Waals surface area contributed by atoms with E-state index in [1.165, 1.54) is 24.4 Å². The Labute approximate surface area is 150 Å². The van der Waals surface area contributed by atoms with Gasteiger partial charge in [-0.3, -0.25) is 9.78 Å². The van der Waals surface area contributed by atoms with Crippen LogP contribution in [0.3, 0.4) is 0 Å². The maximum atomic E-state index is 11.2. The van der Waals surface area contributed by atoms with Gasteiger partial charge in [-0.1, -0.05) is 0 Å². The molecule has 2 aliphatic rings. The lowest BCUT2D eigenvalue weighted by Gasteiger charge is -2.31. The molecular formula is C17H21N5O2S. The minimum atomic E-state index is -0.540. The molecular weight excluding hydrogens is 338 g/mol. The molecule has 2 aromatic rings. The van der Waals surface area contributed by atoms with Crippen molar-refractivity contribution in [1.29, 1.82) is 0 Å². The summed E-state index contributed by atoms with van der Waals surface area (Å²) in [6.07, 6.45) is 6.15. The zero-order valence-corrected chi connectivity index (χ0v) is 14.7. The second-order valence-electron chi connectivity index (χ2n) is 6.69. The van der Waals surface area contributed by atoms with E-state index >= 15 is 0 Å². The normalized spacial score (nSPS) is 18.3. The summed E-state index contributed by atoms with van der Waals surface area (Å²) in [5, 5.41) is 1.06. The SMILES string of the molecule is NC(=O)c1cc(OCC2CCN(c3nc(C4CC4)ns3)CC2)ccn1. The number of pyridine rings is 1. The quantitative estimate of drug-likeness (QED) is 0.850. The number of carbonyl (C=O) groups is 1.